The molecule has 1 aliphatic carbocycles. The second kappa shape index (κ2) is 17.8. The van der Waals surface area contributed by atoms with E-state index in [0.29, 0.717) is 0 Å². The summed E-state index contributed by atoms with van der Waals surface area (Å²) in [7, 11) is 0. The molecule has 0 atom stereocenters. The van der Waals surface area contributed by atoms with Gasteiger partial charge in [0.2, 0.25) is 0 Å². The van der Waals surface area contributed by atoms with E-state index in [0.717, 1.165) is 11.4 Å². The van der Waals surface area contributed by atoms with Gasteiger partial charge in [-0.05, 0) is 162 Å². The first-order chi connectivity index (χ1) is 40.0. The number of hydrogen-bond donors (Lipinski definition) is 0. The number of fused-ring (bicyclic) bond motifs is 15. The Morgan fingerprint density at radius 1 is 0.357 bits per heavy atom. The van der Waals surface area contributed by atoms with E-state index in [1.807, 2.05) is 0 Å². The molecule has 2 aliphatic heterocycles. The first-order valence-electron chi connectivity index (χ1n) is 30.5. The van der Waals surface area contributed by atoms with Crippen molar-refractivity contribution in [3.8, 4) is 22.5 Å². The maximum atomic E-state index is 2.71. The molecule has 0 bridgehead atoms. The minimum absolute atomic E-state index is 0.0116. The van der Waals surface area contributed by atoms with Gasteiger partial charge in [-0.1, -0.05) is 212 Å². The molecule has 0 radical (unpaired) electrons. The predicted octanol–water partition coefficient (Wildman–Crippen LogP) is 19.5. The van der Waals surface area contributed by atoms with Crippen molar-refractivity contribution in [3.63, 3.8) is 0 Å². The normalized spacial score (nSPS) is 14.6. The number of nitrogens with zero attached hydrogens (tertiary/aromatic N) is 4. The second-order valence-electron chi connectivity index (χ2n) is 29.0. The lowest BCUT2D eigenvalue weighted by atomic mass is 9.33. The van der Waals surface area contributed by atoms with Gasteiger partial charge in [-0.3, -0.25) is 0 Å². The maximum absolute atomic E-state index is 2.71. The predicted molar refractivity (Wildman–Crippen MR) is 362 cm³/mol. The highest BCUT2D eigenvalue weighted by Crippen LogP contribution is 2.59. The monoisotopic (exact) mass is 1090 g/mol. The average molecular weight is 1090 g/mol. The summed E-state index contributed by atoms with van der Waals surface area (Å²) in [6.07, 6.45) is 0. The van der Waals surface area contributed by atoms with Crippen LogP contribution in [0.5, 0.6) is 0 Å². The molecular weight excluding hydrogens is 1020 g/mol. The van der Waals surface area contributed by atoms with Gasteiger partial charge in [0.25, 0.3) is 6.71 Å². The quantitative estimate of drug-likeness (QED) is 0.163. The third kappa shape index (κ3) is 7.52. The molecule has 0 saturated carbocycles. The highest BCUT2D eigenvalue weighted by atomic mass is 15.2. The Hall–Kier alpha value is -8.54. The Balaban J connectivity index is 1.13. The number of aromatic nitrogens is 2. The van der Waals surface area contributed by atoms with E-state index in [1.165, 1.54) is 139 Å². The van der Waals surface area contributed by atoms with E-state index in [1.54, 1.807) is 0 Å². The van der Waals surface area contributed by atoms with Crippen LogP contribution < -0.4 is 26.2 Å². The summed E-state index contributed by atoms with van der Waals surface area (Å²) in [5, 5.41) is 5.07. The molecule has 84 heavy (non-hydrogen) atoms. The second-order valence-corrected chi connectivity index (χ2v) is 29.0. The van der Waals surface area contributed by atoms with Gasteiger partial charge in [0.15, 0.2) is 0 Å². The average Bonchev–Trinajstić information content (AvgIpc) is 1.52. The Morgan fingerprint density at radius 2 is 0.845 bits per heavy atom. The molecule has 2 aromatic heterocycles. The Labute approximate surface area is 497 Å². The topological polar surface area (TPSA) is 16.3 Å². The smallest absolute Gasteiger partial charge is 0.252 e. The van der Waals surface area contributed by atoms with Gasteiger partial charge >= 0.3 is 0 Å². The Bertz CT molecular complexity index is 4710. The maximum Gasteiger partial charge on any atom is 0.252 e. The Morgan fingerprint density at radius 3 is 1.43 bits per heavy atom. The van der Waals surface area contributed by atoms with Gasteiger partial charge in [0.1, 0.15) is 0 Å². The van der Waals surface area contributed by atoms with Crippen molar-refractivity contribution in [2.75, 3.05) is 9.80 Å². The zero-order chi connectivity index (χ0) is 58.3. The lowest BCUT2D eigenvalue weighted by Gasteiger charge is -2.46. The zero-order valence-corrected chi connectivity index (χ0v) is 51.4. The van der Waals surface area contributed by atoms with Gasteiger partial charge in [-0.2, -0.15) is 0 Å². The standard InChI is InChI=1S/C79H75BN4/c1-75(2,3)48-32-37-53(38-33-48)82-63-41-36-50(77(7,8)9)44-59(63)80-60-47-66(84-62-31-23-20-28-57(62)70-65(84)43-42-64-69(70)56-27-19-22-30-61(56)81(64)52-24-16-15-17-25-52)72-71(55-26-18-21-29-58(55)79(72,13)14)74(60)83(54-39-34-49(35-40-54)76(4,5)6)68-46-51(78(10,11)12)45-67(82)73(68)80/h15-47H,1-14H3. The first kappa shape index (κ1) is 52.3. The lowest BCUT2D eigenvalue weighted by Crippen LogP contribution is -2.62. The van der Waals surface area contributed by atoms with Crippen molar-refractivity contribution in [1.82, 2.24) is 9.13 Å². The molecule has 12 aromatic rings. The SMILES string of the molecule is CC(C)(C)c1ccc(N2c3ccc(C(C)(C)C)cc3B3c4cc(-n5c6ccccc6c6c7c8ccccc8n(-c8ccccc8)c7ccc65)c5c(c4N(c4ccc(C(C)(C)C)cc4)c4cc(C(C)(C)C)cc2c43)-c2ccccc2C5(C)C)cc1. The van der Waals surface area contributed by atoms with E-state index < -0.39 is 0 Å². The van der Waals surface area contributed by atoms with Crippen LogP contribution in [-0.4, -0.2) is 15.8 Å². The highest BCUT2D eigenvalue weighted by Gasteiger charge is 2.50. The third-order valence-corrected chi connectivity index (χ3v) is 19.3. The fraction of sp³-hybridized carbons (Fsp3) is 0.241. The van der Waals surface area contributed by atoms with Crippen LogP contribution in [-0.2, 0) is 27.1 Å². The van der Waals surface area contributed by atoms with Crippen LogP contribution in [0.15, 0.2) is 200 Å². The summed E-state index contributed by atoms with van der Waals surface area (Å²) < 4.78 is 5.13. The highest BCUT2D eigenvalue weighted by molar-refractivity contribution is 7.00. The molecular formula is C79H75BN4. The summed E-state index contributed by atoms with van der Waals surface area (Å²) >= 11 is 0. The minimum atomic E-state index is -0.387. The van der Waals surface area contributed by atoms with Crippen molar-refractivity contribution in [1.29, 1.82) is 0 Å². The van der Waals surface area contributed by atoms with E-state index in [2.05, 4.69) is 316 Å². The summed E-state index contributed by atoms with van der Waals surface area (Å²) in [6.45, 7) is 33.0. The van der Waals surface area contributed by atoms with E-state index >= 15 is 0 Å². The van der Waals surface area contributed by atoms with Crippen molar-refractivity contribution < 1.29 is 0 Å². The largest absolute Gasteiger partial charge is 0.311 e. The summed E-state index contributed by atoms with van der Waals surface area (Å²) in [6, 6.07) is 77.6. The van der Waals surface area contributed by atoms with E-state index in [-0.39, 0.29) is 33.8 Å². The van der Waals surface area contributed by atoms with Crippen LogP contribution >= 0.6 is 0 Å². The molecule has 0 fully saturated rings. The lowest BCUT2D eigenvalue weighted by molar-refractivity contribution is 0.589. The van der Waals surface area contributed by atoms with Crippen molar-refractivity contribution >= 4 is 101 Å². The number of benzene rings is 10. The summed E-state index contributed by atoms with van der Waals surface area (Å²) in [5.74, 6) is 0. The van der Waals surface area contributed by atoms with Crippen molar-refractivity contribution in [2.24, 2.45) is 0 Å². The molecule has 4 nitrogen and oxygen atoms in total. The van der Waals surface area contributed by atoms with Crippen LogP contribution in [0.3, 0.4) is 0 Å². The molecule has 0 amide bonds. The number of rotatable bonds is 4. The molecule has 414 valence electrons. The van der Waals surface area contributed by atoms with Gasteiger partial charge in [0.05, 0.1) is 27.8 Å². The van der Waals surface area contributed by atoms with Gasteiger partial charge in [0, 0.05) is 72.3 Å². The van der Waals surface area contributed by atoms with Crippen molar-refractivity contribution in [3.05, 3.63) is 234 Å². The molecule has 5 heteroatoms. The molecule has 15 rings (SSSR count). The third-order valence-electron chi connectivity index (χ3n) is 19.3. The van der Waals surface area contributed by atoms with Crippen LogP contribution in [0, 0.1) is 0 Å². The van der Waals surface area contributed by atoms with E-state index in [4.69, 9.17) is 0 Å². The summed E-state index contributed by atoms with van der Waals surface area (Å²) in [4.78, 5) is 5.32. The van der Waals surface area contributed by atoms with Crippen LogP contribution in [0.2, 0.25) is 0 Å². The van der Waals surface area contributed by atoms with Gasteiger partial charge in [-0.15, -0.1) is 0 Å². The first-order valence-corrected chi connectivity index (χ1v) is 30.5. The van der Waals surface area contributed by atoms with Crippen LogP contribution in [0.25, 0.3) is 66.1 Å². The number of para-hydroxylation sites is 3. The summed E-state index contributed by atoms with van der Waals surface area (Å²) in [5.41, 5.74) is 28.5. The molecule has 0 spiro atoms. The van der Waals surface area contributed by atoms with E-state index in [9.17, 15) is 0 Å². The van der Waals surface area contributed by atoms with Gasteiger partial charge < -0.3 is 18.9 Å². The fourth-order valence-electron chi connectivity index (χ4n) is 14.9. The molecule has 0 saturated heterocycles. The fourth-order valence-corrected chi connectivity index (χ4v) is 14.9. The molecule has 4 heterocycles. The Kier molecular flexibility index (Phi) is 11.0. The van der Waals surface area contributed by atoms with Crippen LogP contribution in [0.1, 0.15) is 130 Å². The minimum Gasteiger partial charge on any atom is -0.311 e. The molecule has 10 aromatic carbocycles. The molecule has 3 aliphatic rings. The molecule has 0 unspecified atom stereocenters. The zero-order valence-electron chi connectivity index (χ0n) is 51.4. The molecule has 0 N–H and O–H groups in total. The number of hydrogen-bond acceptors (Lipinski definition) is 2. The van der Waals surface area contributed by atoms with Crippen LogP contribution in [0.4, 0.5) is 34.1 Å². The number of anilines is 6. The van der Waals surface area contributed by atoms with Crippen molar-refractivity contribution in [2.45, 2.75) is 124 Å². The van der Waals surface area contributed by atoms with Gasteiger partial charge in [-0.25, -0.2) is 0 Å².